The molecule has 0 amide bonds. The van der Waals surface area contributed by atoms with Crippen LogP contribution in [0, 0.1) is 5.82 Å². The lowest BCUT2D eigenvalue weighted by atomic mass is 9.86. The van der Waals surface area contributed by atoms with Crippen LogP contribution in [-0.2, 0) is 11.8 Å². The molecule has 2 aromatic carbocycles. The lowest BCUT2D eigenvalue weighted by molar-refractivity contribution is 0.546. The first-order valence-corrected chi connectivity index (χ1v) is 7.21. The molecule has 1 atom stereocenters. The Kier molecular flexibility index (Phi) is 4.76. The summed E-state index contributed by atoms with van der Waals surface area (Å²) in [6, 6.07) is 15.0. The van der Waals surface area contributed by atoms with Gasteiger partial charge >= 0.3 is 0 Å². The summed E-state index contributed by atoms with van der Waals surface area (Å²) in [4.78, 5) is 0. The largest absolute Gasteiger partial charge is 0.271 e. The number of hydrogen-bond donors (Lipinski definition) is 2. The number of nitrogens with one attached hydrogen (secondary N) is 1. The predicted molar refractivity (Wildman–Crippen MR) is 85.3 cm³/mol. The normalized spacial score (nSPS) is 13.2. The van der Waals surface area contributed by atoms with E-state index in [0.717, 1.165) is 11.1 Å². The molecular weight excluding hydrogens is 263 g/mol. The SMILES string of the molecule is CC(C)(C)c1ccc(C(Cc2cccc(F)c2)NN)cc1. The zero-order valence-corrected chi connectivity index (χ0v) is 12.9. The number of rotatable bonds is 4. The van der Waals surface area contributed by atoms with Crippen molar-refractivity contribution < 1.29 is 4.39 Å². The van der Waals surface area contributed by atoms with E-state index in [1.807, 2.05) is 6.07 Å². The maximum Gasteiger partial charge on any atom is 0.123 e. The van der Waals surface area contributed by atoms with Crippen LogP contribution in [-0.4, -0.2) is 0 Å². The minimum atomic E-state index is -0.216. The van der Waals surface area contributed by atoms with Gasteiger partial charge in [0, 0.05) is 6.04 Å². The van der Waals surface area contributed by atoms with E-state index < -0.39 is 0 Å². The summed E-state index contributed by atoms with van der Waals surface area (Å²) in [5.74, 6) is 5.45. The van der Waals surface area contributed by atoms with E-state index in [2.05, 4.69) is 50.5 Å². The molecule has 0 saturated carbocycles. The molecule has 0 aliphatic rings. The van der Waals surface area contributed by atoms with E-state index in [1.165, 1.54) is 11.6 Å². The monoisotopic (exact) mass is 286 g/mol. The molecule has 0 aliphatic heterocycles. The van der Waals surface area contributed by atoms with E-state index >= 15 is 0 Å². The second kappa shape index (κ2) is 6.37. The molecule has 112 valence electrons. The Morgan fingerprint density at radius 2 is 1.76 bits per heavy atom. The standard InChI is InChI=1S/C18H23FN2/c1-18(2,3)15-9-7-14(8-10-15)17(21-20)12-13-5-4-6-16(19)11-13/h4-11,17,21H,12,20H2,1-3H3. The minimum Gasteiger partial charge on any atom is -0.271 e. The molecule has 0 saturated heterocycles. The molecule has 3 heteroatoms. The third-order valence-electron chi connectivity index (χ3n) is 3.71. The average molecular weight is 286 g/mol. The summed E-state index contributed by atoms with van der Waals surface area (Å²) in [5.41, 5.74) is 6.27. The quantitative estimate of drug-likeness (QED) is 0.661. The molecule has 3 N–H and O–H groups in total. The van der Waals surface area contributed by atoms with Crippen LogP contribution in [0.5, 0.6) is 0 Å². The van der Waals surface area contributed by atoms with Gasteiger partial charge in [-0.2, -0.15) is 0 Å². The van der Waals surface area contributed by atoms with Gasteiger partial charge in [0.05, 0.1) is 0 Å². The molecule has 0 aromatic heterocycles. The maximum absolute atomic E-state index is 13.3. The Morgan fingerprint density at radius 1 is 1.10 bits per heavy atom. The highest BCUT2D eigenvalue weighted by Gasteiger charge is 2.15. The summed E-state index contributed by atoms with van der Waals surface area (Å²) in [5, 5.41) is 0. The Morgan fingerprint density at radius 3 is 2.29 bits per heavy atom. The number of hydrazine groups is 1. The van der Waals surface area contributed by atoms with Crippen molar-refractivity contribution in [2.24, 2.45) is 5.84 Å². The van der Waals surface area contributed by atoms with Gasteiger partial charge < -0.3 is 0 Å². The molecule has 21 heavy (non-hydrogen) atoms. The van der Waals surface area contributed by atoms with Crippen molar-refractivity contribution in [1.82, 2.24) is 5.43 Å². The van der Waals surface area contributed by atoms with Gasteiger partial charge in [-0.15, -0.1) is 0 Å². The van der Waals surface area contributed by atoms with E-state index in [1.54, 1.807) is 12.1 Å². The highest BCUT2D eigenvalue weighted by molar-refractivity contribution is 5.30. The van der Waals surface area contributed by atoms with Crippen molar-refractivity contribution >= 4 is 0 Å². The second-order valence-electron chi connectivity index (χ2n) is 6.43. The van der Waals surface area contributed by atoms with Gasteiger partial charge in [0.25, 0.3) is 0 Å². The van der Waals surface area contributed by atoms with Gasteiger partial charge in [-0.25, -0.2) is 4.39 Å². The van der Waals surface area contributed by atoms with Crippen LogP contribution < -0.4 is 11.3 Å². The first kappa shape index (κ1) is 15.7. The van der Waals surface area contributed by atoms with Crippen LogP contribution in [0.25, 0.3) is 0 Å². The number of benzene rings is 2. The summed E-state index contributed by atoms with van der Waals surface area (Å²) in [6.07, 6.45) is 0.656. The molecule has 1 unspecified atom stereocenters. The first-order valence-electron chi connectivity index (χ1n) is 7.21. The van der Waals surface area contributed by atoms with Gasteiger partial charge in [0.1, 0.15) is 5.82 Å². The first-order chi connectivity index (χ1) is 9.90. The van der Waals surface area contributed by atoms with E-state index in [4.69, 9.17) is 5.84 Å². The van der Waals surface area contributed by atoms with Crippen molar-refractivity contribution in [3.63, 3.8) is 0 Å². The summed E-state index contributed by atoms with van der Waals surface area (Å²) in [7, 11) is 0. The predicted octanol–water partition coefficient (Wildman–Crippen LogP) is 3.87. The van der Waals surface area contributed by atoms with Gasteiger partial charge in [0.15, 0.2) is 0 Å². The third kappa shape index (κ3) is 4.13. The van der Waals surface area contributed by atoms with E-state index in [9.17, 15) is 4.39 Å². The minimum absolute atomic E-state index is 0.0270. The summed E-state index contributed by atoms with van der Waals surface area (Å²) in [6.45, 7) is 6.56. The fraction of sp³-hybridized carbons (Fsp3) is 0.333. The lowest BCUT2D eigenvalue weighted by Gasteiger charge is -2.21. The topological polar surface area (TPSA) is 38.0 Å². The Bertz CT molecular complexity index is 585. The molecular formula is C18H23FN2. The molecule has 0 heterocycles. The fourth-order valence-corrected chi connectivity index (χ4v) is 2.39. The average Bonchev–Trinajstić information content (AvgIpc) is 2.44. The molecule has 2 aromatic rings. The number of nitrogens with two attached hydrogens (primary N) is 1. The van der Waals surface area contributed by atoms with Gasteiger partial charge in [-0.05, 0) is 40.7 Å². The van der Waals surface area contributed by atoms with Crippen molar-refractivity contribution in [2.75, 3.05) is 0 Å². The van der Waals surface area contributed by atoms with Gasteiger partial charge in [-0.1, -0.05) is 57.2 Å². The zero-order valence-electron chi connectivity index (χ0n) is 12.9. The smallest absolute Gasteiger partial charge is 0.123 e. The third-order valence-corrected chi connectivity index (χ3v) is 3.71. The van der Waals surface area contributed by atoms with Crippen LogP contribution in [0.3, 0.4) is 0 Å². The fourth-order valence-electron chi connectivity index (χ4n) is 2.39. The van der Waals surface area contributed by atoms with Crippen LogP contribution in [0.15, 0.2) is 48.5 Å². The maximum atomic E-state index is 13.3. The Balaban J connectivity index is 2.18. The van der Waals surface area contributed by atoms with Crippen molar-refractivity contribution in [2.45, 2.75) is 38.6 Å². The summed E-state index contributed by atoms with van der Waals surface area (Å²) >= 11 is 0. The molecule has 0 fully saturated rings. The summed E-state index contributed by atoms with van der Waals surface area (Å²) < 4.78 is 13.3. The van der Waals surface area contributed by atoms with Crippen molar-refractivity contribution in [3.05, 3.63) is 71.0 Å². The molecule has 0 bridgehead atoms. The molecule has 2 rings (SSSR count). The van der Waals surface area contributed by atoms with E-state index in [0.29, 0.717) is 6.42 Å². The highest BCUT2D eigenvalue weighted by atomic mass is 19.1. The lowest BCUT2D eigenvalue weighted by Crippen LogP contribution is -2.29. The molecule has 2 nitrogen and oxygen atoms in total. The number of hydrogen-bond acceptors (Lipinski definition) is 2. The molecule has 0 radical (unpaired) electrons. The Labute approximate surface area is 126 Å². The van der Waals surface area contributed by atoms with Crippen molar-refractivity contribution in [3.8, 4) is 0 Å². The van der Waals surface area contributed by atoms with Gasteiger partial charge in [-0.3, -0.25) is 11.3 Å². The van der Waals surface area contributed by atoms with Crippen LogP contribution in [0.2, 0.25) is 0 Å². The van der Waals surface area contributed by atoms with Crippen LogP contribution >= 0.6 is 0 Å². The van der Waals surface area contributed by atoms with Crippen LogP contribution in [0.4, 0.5) is 4.39 Å². The van der Waals surface area contributed by atoms with E-state index in [-0.39, 0.29) is 17.3 Å². The van der Waals surface area contributed by atoms with Crippen molar-refractivity contribution in [1.29, 1.82) is 0 Å². The highest BCUT2D eigenvalue weighted by Crippen LogP contribution is 2.25. The van der Waals surface area contributed by atoms with Gasteiger partial charge in [0.2, 0.25) is 0 Å². The molecule has 0 spiro atoms. The number of halogens is 1. The Hall–Kier alpha value is -1.71. The molecule has 0 aliphatic carbocycles. The second-order valence-corrected chi connectivity index (χ2v) is 6.43. The van der Waals surface area contributed by atoms with Crippen LogP contribution in [0.1, 0.15) is 43.5 Å². The zero-order chi connectivity index (χ0) is 15.5.